The molecule has 0 bridgehead atoms. The van der Waals surface area contributed by atoms with Gasteiger partial charge in [-0.1, -0.05) is 6.07 Å². The number of guanidine groups is 1. The maximum absolute atomic E-state index is 5.33. The molecule has 0 saturated carbocycles. The van der Waals surface area contributed by atoms with E-state index >= 15 is 0 Å². The lowest BCUT2D eigenvalue weighted by molar-refractivity contribution is 0.371. The Kier molecular flexibility index (Phi) is 6.04. The molecule has 4 heterocycles. The van der Waals surface area contributed by atoms with Crippen LogP contribution in [0.1, 0.15) is 12.7 Å². The second-order valence-electron chi connectivity index (χ2n) is 6.73. The summed E-state index contributed by atoms with van der Waals surface area (Å²) < 4.78 is 5.33. The minimum absolute atomic E-state index is 0.575. The summed E-state index contributed by atoms with van der Waals surface area (Å²) in [6.45, 7) is 7.23. The molecule has 1 aliphatic rings. The van der Waals surface area contributed by atoms with Crippen LogP contribution in [0.4, 0.5) is 5.82 Å². The van der Waals surface area contributed by atoms with Crippen LogP contribution in [0.15, 0.2) is 52.2 Å². The number of piperazine rings is 1. The molecule has 0 radical (unpaired) electrons. The molecule has 1 fully saturated rings. The van der Waals surface area contributed by atoms with Gasteiger partial charge in [-0.2, -0.15) is 5.10 Å². The molecule has 0 atom stereocenters. The van der Waals surface area contributed by atoms with Gasteiger partial charge in [-0.25, -0.2) is 9.97 Å². The average molecular weight is 394 g/mol. The van der Waals surface area contributed by atoms with Gasteiger partial charge in [0.05, 0.1) is 6.26 Å². The van der Waals surface area contributed by atoms with Crippen molar-refractivity contribution in [3.63, 3.8) is 0 Å². The third-order valence-electron chi connectivity index (χ3n) is 4.77. The summed E-state index contributed by atoms with van der Waals surface area (Å²) in [4.78, 5) is 18.3. The molecule has 0 aromatic carbocycles. The molecule has 1 aliphatic heterocycles. The van der Waals surface area contributed by atoms with E-state index in [-0.39, 0.29) is 0 Å². The lowest BCUT2D eigenvalue weighted by atomic mass is 10.3. The van der Waals surface area contributed by atoms with Crippen molar-refractivity contribution in [3.05, 3.63) is 48.6 Å². The van der Waals surface area contributed by atoms with Crippen molar-refractivity contribution in [1.82, 2.24) is 30.4 Å². The predicted octanol–water partition coefficient (Wildman–Crippen LogP) is 1.79. The minimum atomic E-state index is 0.575. The SMILES string of the molecule is CCNC(=NCCc1nc(-c2ccco2)n[nH]1)N1CCN(c2ccccn2)CC1. The van der Waals surface area contributed by atoms with Crippen LogP contribution in [0, 0.1) is 0 Å². The number of hydrogen-bond donors (Lipinski definition) is 2. The van der Waals surface area contributed by atoms with Crippen LogP contribution in [-0.4, -0.2) is 70.3 Å². The second kappa shape index (κ2) is 9.22. The molecule has 1 saturated heterocycles. The van der Waals surface area contributed by atoms with Crippen LogP contribution in [0.5, 0.6) is 0 Å². The van der Waals surface area contributed by atoms with Gasteiger partial charge in [0.2, 0.25) is 5.82 Å². The molecule has 0 spiro atoms. The van der Waals surface area contributed by atoms with E-state index in [9.17, 15) is 0 Å². The molecule has 152 valence electrons. The zero-order valence-corrected chi connectivity index (χ0v) is 16.6. The standard InChI is InChI=1S/C20H26N8O/c1-2-21-20(28-13-11-27(12-14-28)18-7-3-4-9-22-18)23-10-8-17-24-19(26-25-17)16-6-5-15-29-16/h3-7,9,15H,2,8,10-14H2,1H3,(H,21,23)(H,24,25,26). The van der Waals surface area contributed by atoms with Crippen molar-refractivity contribution in [2.75, 3.05) is 44.2 Å². The first-order valence-corrected chi connectivity index (χ1v) is 9.98. The van der Waals surface area contributed by atoms with Gasteiger partial charge >= 0.3 is 0 Å². The normalized spacial score (nSPS) is 15.0. The van der Waals surface area contributed by atoms with E-state index in [4.69, 9.17) is 9.41 Å². The van der Waals surface area contributed by atoms with Crippen molar-refractivity contribution in [1.29, 1.82) is 0 Å². The molecular formula is C20H26N8O. The Bertz CT molecular complexity index is 898. The zero-order chi connectivity index (χ0) is 19.9. The summed E-state index contributed by atoms with van der Waals surface area (Å²) in [5.74, 6) is 4.02. The fraction of sp³-hybridized carbons (Fsp3) is 0.400. The van der Waals surface area contributed by atoms with Gasteiger partial charge in [-0.15, -0.1) is 0 Å². The lowest BCUT2D eigenvalue weighted by Gasteiger charge is -2.37. The van der Waals surface area contributed by atoms with E-state index in [0.717, 1.165) is 50.3 Å². The summed E-state index contributed by atoms with van der Waals surface area (Å²) in [7, 11) is 0. The Labute approximate surface area is 169 Å². The lowest BCUT2D eigenvalue weighted by Crippen LogP contribution is -2.52. The monoisotopic (exact) mass is 394 g/mol. The van der Waals surface area contributed by atoms with E-state index in [0.29, 0.717) is 24.6 Å². The van der Waals surface area contributed by atoms with Gasteiger partial charge in [0.1, 0.15) is 11.6 Å². The van der Waals surface area contributed by atoms with Crippen LogP contribution in [0.3, 0.4) is 0 Å². The average Bonchev–Trinajstić information content (AvgIpc) is 3.46. The molecule has 3 aromatic heterocycles. The first-order valence-electron chi connectivity index (χ1n) is 9.98. The number of H-pyrrole nitrogens is 1. The van der Waals surface area contributed by atoms with Gasteiger partial charge < -0.3 is 19.5 Å². The highest BCUT2D eigenvalue weighted by atomic mass is 16.3. The summed E-state index contributed by atoms with van der Waals surface area (Å²) >= 11 is 0. The van der Waals surface area contributed by atoms with Crippen molar-refractivity contribution in [2.24, 2.45) is 4.99 Å². The fourth-order valence-corrected chi connectivity index (χ4v) is 3.30. The molecule has 0 unspecified atom stereocenters. The topological polar surface area (TPSA) is 98.5 Å². The summed E-state index contributed by atoms with van der Waals surface area (Å²) in [5.41, 5.74) is 0. The number of nitrogens with one attached hydrogen (secondary N) is 2. The van der Waals surface area contributed by atoms with Crippen LogP contribution in [-0.2, 0) is 6.42 Å². The Morgan fingerprint density at radius 1 is 1.21 bits per heavy atom. The number of anilines is 1. The third-order valence-corrected chi connectivity index (χ3v) is 4.77. The number of aromatic nitrogens is 4. The van der Waals surface area contributed by atoms with E-state index in [2.05, 4.69) is 48.3 Å². The maximum Gasteiger partial charge on any atom is 0.216 e. The number of pyridine rings is 1. The Balaban J connectivity index is 1.32. The maximum atomic E-state index is 5.33. The van der Waals surface area contributed by atoms with Crippen LogP contribution in [0.25, 0.3) is 11.6 Å². The largest absolute Gasteiger partial charge is 0.461 e. The minimum Gasteiger partial charge on any atom is -0.461 e. The Morgan fingerprint density at radius 2 is 2.10 bits per heavy atom. The van der Waals surface area contributed by atoms with Gasteiger partial charge in [0.25, 0.3) is 0 Å². The fourth-order valence-electron chi connectivity index (χ4n) is 3.30. The number of aliphatic imine (C=N–C) groups is 1. The van der Waals surface area contributed by atoms with Crippen molar-refractivity contribution < 1.29 is 4.42 Å². The number of nitrogens with zero attached hydrogens (tertiary/aromatic N) is 6. The highest BCUT2D eigenvalue weighted by Crippen LogP contribution is 2.15. The molecule has 29 heavy (non-hydrogen) atoms. The van der Waals surface area contributed by atoms with E-state index in [1.54, 1.807) is 6.26 Å². The molecule has 3 aromatic rings. The van der Waals surface area contributed by atoms with Crippen LogP contribution in [0.2, 0.25) is 0 Å². The third kappa shape index (κ3) is 4.74. The van der Waals surface area contributed by atoms with Crippen molar-refractivity contribution in [3.8, 4) is 11.6 Å². The molecule has 0 amide bonds. The van der Waals surface area contributed by atoms with Gasteiger partial charge in [0, 0.05) is 51.9 Å². The smallest absolute Gasteiger partial charge is 0.216 e. The van der Waals surface area contributed by atoms with Gasteiger partial charge in [-0.3, -0.25) is 10.1 Å². The quantitative estimate of drug-likeness (QED) is 0.486. The number of hydrogen-bond acceptors (Lipinski definition) is 6. The van der Waals surface area contributed by atoms with Crippen LogP contribution >= 0.6 is 0 Å². The predicted molar refractivity (Wildman–Crippen MR) is 112 cm³/mol. The molecule has 0 aliphatic carbocycles. The van der Waals surface area contributed by atoms with Crippen molar-refractivity contribution in [2.45, 2.75) is 13.3 Å². The van der Waals surface area contributed by atoms with Gasteiger partial charge in [-0.05, 0) is 31.2 Å². The number of furan rings is 1. The van der Waals surface area contributed by atoms with Crippen molar-refractivity contribution >= 4 is 11.8 Å². The van der Waals surface area contributed by atoms with E-state index in [1.165, 1.54) is 0 Å². The molecule has 9 nitrogen and oxygen atoms in total. The number of aromatic amines is 1. The van der Waals surface area contributed by atoms with Gasteiger partial charge in [0.15, 0.2) is 11.7 Å². The first kappa shape index (κ1) is 19.0. The molecular weight excluding hydrogens is 368 g/mol. The Morgan fingerprint density at radius 3 is 2.83 bits per heavy atom. The summed E-state index contributed by atoms with van der Waals surface area (Å²) in [6.07, 6.45) is 4.15. The van der Waals surface area contributed by atoms with E-state index in [1.807, 2.05) is 30.5 Å². The van der Waals surface area contributed by atoms with Crippen LogP contribution < -0.4 is 10.2 Å². The molecule has 2 N–H and O–H groups in total. The first-order chi connectivity index (χ1) is 14.3. The zero-order valence-electron chi connectivity index (χ0n) is 16.6. The molecule has 4 rings (SSSR count). The summed E-state index contributed by atoms with van der Waals surface area (Å²) in [5, 5.41) is 10.6. The highest BCUT2D eigenvalue weighted by molar-refractivity contribution is 5.80. The van der Waals surface area contributed by atoms with E-state index < -0.39 is 0 Å². The Hall–Kier alpha value is -3.36. The number of rotatable bonds is 6. The highest BCUT2D eigenvalue weighted by Gasteiger charge is 2.20. The second-order valence-corrected chi connectivity index (χ2v) is 6.73. The molecule has 9 heteroatoms. The summed E-state index contributed by atoms with van der Waals surface area (Å²) in [6, 6.07) is 9.71.